The van der Waals surface area contributed by atoms with Gasteiger partial charge in [-0.1, -0.05) is 18.5 Å². The second kappa shape index (κ2) is 7.04. The van der Waals surface area contributed by atoms with E-state index in [1.54, 1.807) is 18.6 Å². The van der Waals surface area contributed by atoms with Crippen molar-refractivity contribution in [2.24, 2.45) is 0 Å². The summed E-state index contributed by atoms with van der Waals surface area (Å²) in [5.74, 6) is 0.359. The molecule has 0 aliphatic carbocycles. The monoisotopic (exact) mass is 440 g/mol. The van der Waals surface area contributed by atoms with Gasteiger partial charge in [0.1, 0.15) is 17.9 Å². The third kappa shape index (κ3) is 3.14. The first kappa shape index (κ1) is 18.9. The summed E-state index contributed by atoms with van der Waals surface area (Å²) in [6.07, 6.45) is 3.13. The molecule has 0 radical (unpaired) electrons. The Bertz CT molecular complexity index is 989. The van der Waals surface area contributed by atoms with E-state index in [1.807, 2.05) is 32.1 Å². The molecule has 3 aromatic rings. The summed E-state index contributed by atoms with van der Waals surface area (Å²) in [4.78, 5) is 8.82. The van der Waals surface area contributed by atoms with Crippen molar-refractivity contribution in [2.75, 3.05) is 5.73 Å². The standard InChI is InChI=1S/C18H19BrClFN4O/c1-8(2)26-17-11(5-12(20)15(21)14(17)19)9(3)18-24-10(4)16-13(22)6-23-7-25(16)18/h5-9H,22H2,1-4H3/t9-/m0/s1. The van der Waals surface area contributed by atoms with Crippen molar-refractivity contribution in [3.63, 3.8) is 0 Å². The predicted molar refractivity (Wildman–Crippen MR) is 105 cm³/mol. The smallest absolute Gasteiger partial charge is 0.159 e. The van der Waals surface area contributed by atoms with Gasteiger partial charge in [-0.2, -0.15) is 0 Å². The third-order valence-electron chi connectivity index (χ3n) is 4.14. The van der Waals surface area contributed by atoms with Crippen molar-refractivity contribution < 1.29 is 9.13 Å². The van der Waals surface area contributed by atoms with Crippen LogP contribution >= 0.6 is 27.5 Å². The molecule has 138 valence electrons. The molecule has 3 rings (SSSR count). The van der Waals surface area contributed by atoms with Crippen molar-refractivity contribution in [3.8, 4) is 5.75 Å². The number of benzene rings is 1. The topological polar surface area (TPSA) is 65.4 Å². The van der Waals surface area contributed by atoms with Gasteiger partial charge >= 0.3 is 0 Å². The lowest BCUT2D eigenvalue weighted by Crippen LogP contribution is -2.12. The molecule has 5 nitrogen and oxygen atoms in total. The Morgan fingerprint density at radius 3 is 2.69 bits per heavy atom. The van der Waals surface area contributed by atoms with Crippen LogP contribution in [0.15, 0.2) is 23.1 Å². The van der Waals surface area contributed by atoms with Gasteiger partial charge in [-0.25, -0.2) is 14.4 Å². The van der Waals surface area contributed by atoms with E-state index in [9.17, 15) is 4.39 Å². The van der Waals surface area contributed by atoms with Crippen LogP contribution in [0.25, 0.3) is 5.52 Å². The number of hydrogen-bond donors (Lipinski definition) is 1. The molecule has 0 amide bonds. The highest BCUT2D eigenvalue weighted by atomic mass is 79.9. The number of nitrogens with two attached hydrogens (primary N) is 1. The Balaban J connectivity index is 2.23. The quantitative estimate of drug-likeness (QED) is 0.571. The van der Waals surface area contributed by atoms with Crippen LogP contribution < -0.4 is 10.5 Å². The zero-order chi connectivity index (χ0) is 19.2. The van der Waals surface area contributed by atoms with E-state index in [1.165, 1.54) is 0 Å². The normalized spacial score (nSPS) is 12.8. The molecule has 0 saturated carbocycles. The number of rotatable bonds is 4. The maximum absolute atomic E-state index is 14.3. The zero-order valence-electron chi connectivity index (χ0n) is 14.8. The van der Waals surface area contributed by atoms with Gasteiger partial charge < -0.3 is 10.5 Å². The number of fused-ring (bicyclic) bond motifs is 1. The molecular formula is C18H19BrClFN4O. The maximum Gasteiger partial charge on any atom is 0.159 e. The van der Waals surface area contributed by atoms with E-state index in [4.69, 9.17) is 22.1 Å². The first-order valence-corrected chi connectivity index (χ1v) is 9.31. The SMILES string of the molecule is Cc1nc([C@@H](C)c2cc(Cl)c(F)c(Br)c2OC(C)C)n2cncc(N)c12. The number of anilines is 1. The van der Waals surface area contributed by atoms with Crippen LogP contribution in [0.1, 0.15) is 43.8 Å². The average molecular weight is 442 g/mol. The van der Waals surface area contributed by atoms with E-state index in [2.05, 4.69) is 25.9 Å². The Kier molecular flexibility index (Phi) is 5.12. The van der Waals surface area contributed by atoms with Crippen LogP contribution in [0, 0.1) is 12.7 Å². The lowest BCUT2D eigenvalue weighted by Gasteiger charge is -2.21. The molecule has 2 aromatic heterocycles. The minimum atomic E-state index is -0.548. The number of ether oxygens (including phenoxy) is 1. The molecule has 0 aliphatic rings. The molecule has 0 saturated heterocycles. The van der Waals surface area contributed by atoms with Crippen LogP contribution in [0.2, 0.25) is 5.02 Å². The van der Waals surface area contributed by atoms with Gasteiger partial charge in [0.15, 0.2) is 5.82 Å². The van der Waals surface area contributed by atoms with Crippen molar-refractivity contribution in [1.82, 2.24) is 14.4 Å². The van der Waals surface area contributed by atoms with E-state index in [0.29, 0.717) is 11.4 Å². The number of aryl methyl sites for hydroxylation is 1. The lowest BCUT2D eigenvalue weighted by molar-refractivity contribution is 0.236. The molecule has 0 fully saturated rings. The molecule has 26 heavy (non-hydrogen) atoms. The maximum atomic E-state index is 14.3. The highest BCUT2D eigenvalue weighted by Gasteiger charge is 2.26. The van der Waals surface area contributed by atoms with Gasteiger partial charge in [0.05, 0.1) is 38.7 Å². The summed E-state index contributed by atoms with van der Waals surface area (Å²) in [6, 6.07) is 1.58. The summed E-state index contributed by atoms with van der Waals surface area (Å²) < 4.78 is 22.2. The second-order valence-electron chi connectivity index (χ2n) is 6.42. The molecule has 8 heteroatoms. The summed E-state index contributed by atoms with van der Waals surface area (Å²) >= 11 is 9.36. The molecule has 1 aromatic carbocycles. The molecule has 0 unspecified atom stereocenters. The summed E-state index contributed by atoms with van der Waals surface area (Å²) in [5, 5.41) is 0.0186. The fourth-order valence-electron chi connectivity index (χ4n) is 2.99. The van der Waals surface area contributed by atoms with Gasteiger partial charge in [-0.05, 0) is 42.8 Å². The highest BCUT2D eigenvalue weighted by molar-refractivity contribution is 9.10. The molecule has 2 heterocycles. The van der Waals surface area contributed by atoms with Gasteiger partial charge in [-0.3, -0.25) is 4.40 Å². The van der Waals surface area contributed by atoms with E-state index in [0.717, 1.165) is 22.6 Å². The van der Waals surface area contributed by atoms with E-state index in [-0.39, 0.29) is 21.5 Å². The van der Waals surface area contributed by atoms with Crippen LogP contribution in [-0.2, 0) is 0 Å². The fraction of sp³-hybridized carbons (Fsp3) is 0.333. The number of halogens is 3. The summed E-state index contributed by atoms with van der Waals surface area (Å²) in [7, 11) is 0. The summed E-state index contributed by atoms with van der Waals surface area (Å²) in [5.41, 5.74) is 8.93. The number of aromatic nitrogens is 3. The molecule has 1 atom stereocenters. The van der Waals surface area contributed by atoms with Crippen molar-refractivity contribution in [1.29, 1.82) is 0 Å². The summed E-state index contributed by atoms with van der Waals surface area (Å²) in [6.45, 7) is 7.61. The Morgan fingerprint density at radius 1 is 1.35 bits per heavy atom. The van der Waals surface area contributed by atoms with Gasteiger partial charge in [0.25, 0.3) is 0 Å². The highest BCUT2D eigenvalue weighted by Crippen LogP contribution is 2.42. The number of nitrogens with zero attached hydrogens (tertiary/aromatic N) is 3. The molecule has 0 spiro atoms. The van der Waals surface area contributed by atoms with Gasteiger partial charge in [0.2, 0.25) is 0 Å². The van der Waals surface area contributed by atoms with Crippen LogP contribution in [0.3, 0.4) is 0 Å². The molecule has 0 bridgehead atoms. The average Bonchev–Trinajstić information content (AvgIpc) is 2.92. The molecule has 2 N–H and O–H groups in total. The number of hydrogen-bond acceptors (Lipinski definition) is 4. The third-order valence-corrected chi connectivity index (χ3v) is 5.12. The van der Waals surface area contributed by atoms with Crippen LogP contribution in [0.4, 0.5) is 10.1 Å². The van der Waals surface area contributed by atoms with Crippen molar-refractivity contribution in [2.45, 2.75) is 39.7 Å². The van der Waals surface area contributed by atoms with Crippen LogP contribution in [-0.4, -0.2) is 20.5 Å². The van der Waals surface area contributed by atoms with E-state index < -0.39 is 5.82 Å². The first-order valence-electron chi connectivity index (χ1n) is 8.14. The minimum Gasteiger partial charge on any atom is -0.489 e. The molecular weight excluding hydrogens is 423 g/mol. The largest absolute Gasteiger partial charge is 0.489 e. The Morgan fingerprint density at radius 2 is 2.04 bits per heavy atom. The minimum absolute atomic E-state index is 0.0186. The van der Waals surface area contributed by atoms with Crippen LogP contribution in [0.5, 0.6) is 5.75 Å². The predicted octanol–water partition coefficient (Wildman–Crippen LogP) is 5.11. The van der Waals surface area contributed by atoms with Crippen molar-refractivity contribution >= 4 is 38.7 Å². The molecule has 0 aliphatic heterocycles. The fourth-order valence-corrected chi connectivity index (χ4v) is 3.85. The first-order chi connectivity index (χ1) is 12.2. The Labute approximate surface area is 164 Å². The second-order valence-corrected chi connectivity index (χ2v) is 7.62. The lowest BCUT2D eigenvalue weighted by atomic mass is 9.99. The number of imidazole rings is 1. The van der Waals surface area contributed by atoms with Crippen molar-refractivity contribution in [3.05, 3.63) is 51.0 Å². The Hall–Kier alpha value is -1.86. The van der Waals surface area contributed by atoms with E-state index >= 15 is 0 Å². The zero-order valence-corrected chi connectivity index (χ0v) is 17.2. The van der Waals surface area contributed by atoms with Gasteiger partial charge in [-0.15, -0.1) is 0 Å². The number of nitrogen functional groups attached to an aromatic ring is 1. The van der Waals surface area contributed by atoms with Gasteiger partial charge in [0, 0.05) is 11.5 Å².